The summed E-state index contributed by atoms with van der Waals surface area (Å²) in [6, 6.07) is 6.23. The lowest BCUT2D eigenvalue weighted by Gasteiger charge is -2.25. The summed E-state index contributed by atoms with van der Waals surface area (Å²) in [5.41, 5.74) is 1.73. The van der Waals surface area contributed by atoms with E-state index in [0.29, 0.717) is 0 Å². The number of aromatic nitrogens is 2. The number of hydrogen-bond donors (Lipinski definition) is 1. The second-order valence-electron chi connectivity index (χ2n) is 7.55. The molecule has 0 bridgehead atoms. The van der Waals surface area contributed by atoms with E-state index in [0.717, 1.165) is 36.9 Å². The highest BCUT2D eigenvalue weighted by Gasteiger charge is 2.21. The molecule has 0 radical (unpaired) electrons. The topological polar surface area (TPSA) is 75.2 Å². The Morgan fingerprint density at radius 2 is 1.83 bits per heavy atom. The van der Waals surface area contributed by atoms with Crippen molar-refractivity contribution < 1.29 is 14.0 Å². The molecule has 6 nitrogen and oxygen atoms in total. The number of nitrogens with one attached hydrogen (secondary N) is 1. The van der Waals surface area contributed by atoms with E-state index in [1.54, 1.807) is 30.2 Å². The lowest BCUT2D eigenvalue weighted by molar-refractivity contribution is -0.122. The van der Waals surface area contributed by atoms with Gasteiger partial charge in [0.15, 0.2) is 0 Å². The van der Waals surface area contributed by atoms with Gasteiger partial charge in [-0.15, -0.1) is 0 Å². The molecule has 1 aromatic heterocycles. The molecule has 1 aliphatic rings. The number of rotatable bonds is 7. The number of benzene rings is 1. The van der Waals surface area contributed by atoms with Crippen molar-refractivity contribution >= 4 is 11.8 Å². The number of carbonyl (C=O) groups is 2. The highest BCUT2D eigenvalue weighted by Crippen LogP contribution is 2.17. The van der Waals surface area contributed by atoms with Crippen LogP contribution < -0.4 is 5.32 Å². The maximum Gasteiger partial charge on any atom is 0.274 e. The Morgan fingerprint density at radius 1 is 1.10 bits per heavy atom. The number of carbonyl (C=O) groups excluding carboxylic acids is 2. The van der Waals surface area contributed by atoms with Crippen LogP contribution >= 0.6 is 0 Å². The van der Waals surface area contributed by atoms with Crippen LogP contribution in [0.1, 0.15) is 60.3 Å². The summed E-state index contributed by atoms with van der Waals surface area (Å²) in [5.74, 6) is -0.682. The first-order chi connectivity index (χ1) is 14.0. The lowest BCUT2D eigenvalue weighted by Crippen LogP contribution is -2.39. The Kier molecular flexibility index (Phi) is 7.27. The minimum atomic E-state index is -0.331. The molecule has 1 aliphatic carbocycles. The molecule has 0 spiro atoms. The molecule has 3 rings (SSSR count). The molecule has 1 N–H and O–H groups in total. The predicted octanol–water partition coefficient (Wildman–Crippen LogP) is 3.41. The number of nitrogens with zero attached hydrogens (tertiary/aromatic N) is 3. The van der Waals surface area contributed by atoms with Crippen molar-refractivity contribution in [3.8, 4) is 0 Å². The Morgan fingerprint density at radius 3 is 2.48 bits per heavy atom. The van der Waals surface area contributed by atoms with Crippen LogP contribution in [0.5, 0.6) is 0 Å². The molecular formula is C22H27FN4O2. The summed E-state index contributed by atoms with van der Waals surface area (Å²) >= 11 is 0. The molecule has 2 amide bonds. The smallest absolute Gasteiger partial charge is 0.274 e. The van der Waals surface area contributed by atoms with Crippen molar-refractivity contribution in [2.75, 3.05) is 6.54 Å². The van der Waals surface area contributed by atoms with Crippen LogP contribution in [0.25, 0.3) is 0 Å². The van der Waals surface area contributed by atoms with E-state index in [2.05, 4.69) is 15.3 Å². The molecule has 0 atom stereocenters. The summed E-state index contributed by atoms with van der Waals surface area (Å²) in [6.45, 7) is 2.32. The normalized spacial score (nSPS) is 14.4. The van der Waals surface area contributed by atoms with Crippen molar-refractivity contribution in [1.82, 2.24) is 20.2 Å². The van der Waals surface area contributed by atoms with Crippen molar-refractivity contribution in [3.63, 3.8) is 0 Å². The Hall–Kier alpha value is -2.83. The lowest BCUT2D eigenvalue weighted by atomic mass is 9.95. The van der Waals surface area contributed by atoms with Crippen LogP contribution in [-0.4, -0.2) is 39.3 Å². The molecule has 1 aromatic carbocycles. The van der Waals surface area contributed by atoms with Gasteiger partial charge >= 0.3 is 0 Å². The molecule has 2 aromatic rings. The second-order valence-corrected chi connectivity index (χ2v) is 7.55. The van der Waals surface area contributed by atoms with Gasteiger partial charge in [0, 0.05) is 31.7 Å². The third-order valence-corrected chi connectivity index (χ3v) is 5.15. The van der Waals surface area contributed by atoms with E-state index >= 15 is 0 Å². The van der Waals surface area contributed by atoms with Gasteiger partial charge in [-0.05, 0) is 37.5 Å². The van der Waals surface area contributed by atoms with Gasteiger partial charge in [-0.3, -0.25) is 14.6 Å². The average Bonchev–Trinajstić information content (AvgIpc) is 2.73. The molecule has 1 heterocycles. The second kappa shape index (κ2) is 10.1. The first-order valence-corrected chi connectivity index (χ1v) is 10.1. The summed E-state index contributed by atoms with van der Waals surface area (Å²) in [4.78, 5) is 35.2. The van der Waals surface area contributed by atoms with Crippen LogP contribution in [0, 0.1) is 12.7 Å². The quantitative estimate of drug-likeness (QED) is 0.776. The fourth-order valence-corrected chi connectivity index (χ4v) is 3.51. The van der Waals surface area contributed by atoms with Gasteiger partial charge in [0.2, 0.25) is 5.91 Å². The van der Waals surface area contributed by atoms with Crippen LogP contribution in [0.2, 0.25) is 0 Å². The van der Waals surface area contributed by atoms with Gasteiger partial charge in [-0.2, -0.15) is 0 Å². The maximum absolute atomic E-state index is 13.2. The Bertz CT molecular complexity index is 818. The van der Waals surface area contributed by atoms with Gasteiger partial charge in [-0.1, -0.05) is 31.4 Å². The highest BCUT2D eigenvalue weighted by atomic mass is 19.1. The molecule has 0 aliphatic heterocycles. The minimum Gasteiger partial charge on any atom is -0.353 e. The predicted molar refractivity (Wildman–Crippen MR) is 108 cm³/mol. The number of hydrogen-bond acceptors (Lipinski definition) is 4. The van der Waals surface area contributed by atoms with Crippen LogP contribution in [0.3, 0.4) is 0 Å². The van der Waals surface area contributed by atoms with E-state index in [1.165, 1.54) is 24.8 Å². The molecular weight excluding hydrogens is 371 g/mol. The molecule has 154 valence electrons. The maximum atomic E-state index is 13.2. The van der Waals surface area contributed by atoms with Crippen LogP contribution in [0.4, 0.5) is 4.39 Å². The Balaban J connectivity index is 1.66. The molecule has 0 saturated heterocycles. The van der Waals surface area contributed by atoms with Crippen LogP contribution in [0.15, 0.2) is 36.7 Å². The van der Waals surface area contributed by atoms with E-state index in [1.807, 2.05) is 0 Å². The fraction of sp³-hybridized carbons (Fsp3) is 0.455. The van der Waals surface area contributed by atoms with E-state index in [-0.39, 0.29) is 48.9 Å². The minimum absolute atomic E-state index is 0.0520. The number of amides is 2. The van der Waals surface area contributed by atoms with Gasteiger partial charge in [0.25, 0.3) is 5.91 Å². The third-order valence-electron chi connectivity index (χ3n) is 5.15. The zero-order valence-electron chi connectivity index (χ0n) is 16.7. The van der Waals surface area contributed by atoms with E-state index < -0.39 is 0 Å². The van der Waals surface area contributed by atoms with Crippen molar-refractivity contribution in [1.29, 1.82) is 0 Å². The largest absolute Gasteiger partial charge is 0.353 e. The van der Waals surface area contributed by atoms with Crippen molar-refractivity contribution in [3.05, 3.63) is 59.4 Å². The zero-order valence-corrected chi connectivity index (χ0v) is 16.7. The van der Waals surface area contributed by atoms with Gasteiger partial charge in [0.05, 0.1) is 11.9 Å². The van der Waals surface area contributed by atoms with Crippen molar-refractivity contribution in [2.24, 2.45) is 0 Å². The number of halogens is 1. The highest BCUT2D eigenvalue weighted by molar-refractivity contribution is 5.92. The standard InChI is InChI=1S/C22H27FN4O2/c1-16-13-25-20(14-24-16)22(29)27(15-17-7-9-18(23)10-8-17)12-11-21(28)26-19-5-3-2-4-6-19/h7-10,13-14,19H,2-6,11-12,15H2,1H3,(H,26,28). The first kappa shape index (κ1) is 20.9. The van der Waals surface area contributed by atoms with Gasteiger partial charge in [0.1, 0.15) is 11.5 Å². The van der Waals surface area contributed by atoms with E-state index in [4.69, 9.17) is 0 Å². The summed E-state index contributed by atoms with van der Waals surface area (Å²) in [7, 11) is 0. The SMILES string of the molecule is Cc1cnc(C(=O)N(CCC(=O)NC2CCCCC2)Cc2ccc(F)cc2)cn1. The zero-order chi connectivity index (χ0) is 20.6. The molecule has 0 unspecified atom stereocenters. The Labute approximate surface area is 170 Å². The third kappa shape index (κ3) is 6.34. The molecule has 1 fully saturated rings. The van der Waals surface area contributed by atoms with E-state index in [9.17, 15) is 14.0 Å². The van der Waals surface area contributed by atoms with Gasteiger partial charge < -0.3 is 10.2 Å². The molecule has 1 saturated carbocycles. The first-order valence-electron chi connectivity index (χ1n) is 10.1. The van der Waals surface area contributed by atoms with Gasteiger partial charge in [-0.25, -0.2) is 9.37 Å². The molecule has 29 heavy (non-hydrogen) atoms. The monoisotopic (exact) mass is 398 g/mol. The van der Waals surface area contributed by atoms with Crippen molar-refractivity contribution in [2.45, 2.75) is 58.0 Å². The summed E-state index contributed by atoms with van der Waals surface area (Å²) in [6.07, 6.45) is 8.74. The summed E-state index contributed by atoms with van der Waals surface area (Å²) < 4.78 is 13.2. The van der Waals surface area contributed by atoms with Crippen LogP contribution in [-0.2, 0) is 11.3 Å². The summed E-state index contributed by atoms with van der Waals surface area (Å²) in [5, 5.41) is 3.08. The fourth-order valence-electron chi connectivity index (χ4n) is 3.51. The molecule has 7 heteroatoms. The number of aryl methyl sites for hydroxylation is 1. The average molecular weight is 398 g/mol.